The fourth-order valence-corrected chi connectivity index (χ4v) is 5.12. The maximum Gasteiger partial charge on any atom is 0.459 e. The maximum atomic E-state index is 13.7. The molecule has 0 aromatic heterocycles. The van der Waals surface area contributed by atoms with Gasteiger partial charge in [0, 0.05) is 6.92 Å². The van der Waals surface area contributed by atoms with Crippen molar-refractivity contribution >= 4 is 25.6 Å². The first-order valence-corrected chi connectivity index (χ1v) is 13.6. The molecule has 14 nitrogen and oxygen atoms in total. The van der Waals surface area contributed by atoms with Crippen LogP contribution >= 0.6 is 7.75 Å². The van der Waals surface area contributed by atoms with Crippen LogP contribution in [0, 0.1) is 0 Å². The number of esters is 2. The SMILES string of the molecule is COc1ccc(OP(=O)(N[C@@H](C)C(=O)OC(=O)c2ccccc2)OCC2OC(O)[C@@H](NC(C)=O)[C@@H](O)[C@@H]2O)cc1. The van der Waals surface area contributed by atoms with E-state index in [-0.39, 0.29) is 11.3 Å². The lowest BCUT2D eigenvalue weighted by Crippen LogP contribution is -2.64. The average molecular weight is 582 g/mol. The first-order valence-electron chi connectivity index (χ1n) is 12.1. The predicted molar refractivity (Wildman–Crippen MR) is 137 cm³/mol. The van der Waals surface area contributed by atoms with Gasteiger partial charge in [0.05, 0.1) is 19.3 Å². The number of nitrogens with one attached hydrogen (secondary N) is 2. The van der Waals surface area contributed by atoms with Crippen LogP contribution in [0.4, 0.5) is 0 Å². The third kappa shape index (κ3) is 8.32. The molecule has 1 aliphatic rings. The van der Waals surface area contributed by atoms with Crippen molar-refractivity contribution in [3.63, 3.8) is 0 Å². The summed E-state index contributed by atoms with van der Waals surface area (Å²) in [6, 6.07) is 10.9. The standard InChI is InChI=1S/C25H31N2O12P/c1-14(23(31)38-24(32)16-7-5-4-6-8-16)27-40(34,39-18-11-9-17(35-3)10-12-18)36-13-19-21(29)22(30)20(25(33)37-19)26-15(2)28/h4-12,14,19-22,25,29-30,33H,13H2,1-3H3,(H,26,28)(H,27,34)/t14-,19?,20-,21+,22+,25?,40?/m0/s1. The van der Waals surface area contributed by atoms with Crippen molar-refractivity contribution < 1.29 is 57.5 Å². The highest BCUT2D eigenvalue weighted by Crippen LogP contribution is 2.45. The Morgan fingerprint density at radius 3 is 2.23 bits per heavy atom. The molecule has 0 saturated carbocycles. The Labute approximate surface area is 229 Å². The zero-order valence-corrected chi connectivity index (χ0v) is 22.7. The van der Waals surface area contributed by atoms with Crippen LogP contribution in [0.2, 0.25) is 0 Å². The van der Waals surface area contributed by atoms with Gasteiger partial charge in [-0.3, -0.25) is 9.32 Å². The van der Waals surface area contributed by atoms with E-state index in [2.05, 4.69) is 10.4 Å². The van der Waals surface area contributed by atoms with E-state index in [4.69, 9.17) is 23.3 Å². The minimum absolute atomic E-state index is 0.0356. The van der Waals surface area contributed by atoms with Crippen LogP contribution < -0.4 is 19.7 Å². The molecule has 2 aromatic rings. The molecule has 5 N–H and O–H groups in total. The third-order valence-electron chi connectivity index (χ3n) is 5.69. The maximum absolute atomic E-state index is 13.7. The van der Waals surface area contributed by atoms with E-state index in [1.807, 2.05) is 0 Å². The molecule has 15 heteroatoms. The lowest BCUT2D eigenvalue weighted by Gasteiger charge is -2.40. The minimum Gasteiger partial charge on any atom is -0.497 e. The molecule has 0 bridgehead atoms. The largest absolute Gasteiger partial charge is 0.497 e. The summed E-state index contributed by atoms with van der Waals surface area (Å²) in [4.78, 5) is 36.2. The first kappa shape index (κ1) is 31.2. The summed E-state index contributed by atoms with van der Waals surface area (Å²) >= 11 is 0. The van der Waals surface area contributed by atoms with Gasteiger partial charge >= 0.3 is 19.7 Å². The molecule has 2 aromatic carbocycles. The van der Waals surface area contributed by atoms with Gasteiger partial charge in [-0.1, -0.05) is 18.2 Å². The fourth-order valence-electron chi connectivity index (χ4n) is 3.61. The number of rotatable bonds is 11. The number of aliphatic hydroxyl groups is 3. The lowest BCUT2D eigenvalue weighted by atomic mass is 9.97. The second-order valence-electron chi connectivity index (χ2n) is 8.76. The van der Waals surface area contributed by atoms with E-state index in [1.165, 1.54) is 50.4 Å². The molecular weight excluding hydrogens is 551 g/mol. The van der Waals surface area contributed by atoms with E-state index in [0.29, 0.717) is 5.75 Å². The van der Waals surface area contributed by atoms with Gasteiger partial charge in [-0.25, -0.2) is 14.2 Å². The number of hydrogen-bond donors (Lipinski definition) is 5. The monoisotopic (exact) mass is 582 g/mol. The normalized spacial score (nSPS) is 24.7. The Kier molecular flexibility index (Phi) is 10.8. The number of benzene rings is 2. The zero-order chi connectivity index (χ0) is 29.4. The van der Waals surface area contributed by atoms with Crippen LogP contribution in [0.1, 0.15) is 24.2 Å². The molecule has 1 fully saturated rings. The van der Waals surface area contributed by atoms with E-state index in [1.54, 1.807) is 18.2 Å². The number of aliphatic hydroxyl groups excluding tert-OH is 3. The van der Waals surface area contributed by atoms with Gasteiger partial charge in [-0.2, -0.15) is 5.09 Å². The van der Waals surface area contributed by atoms with Crippen LogP contribution in [0.3, 0.4) is 0 Å². The Bertz CT molecular complexity index is 1210. The highest BCUT2D eigenvalue weighted by Gasteiger charge is 2.45. The topological polar surface area (TPSA) is 199 Å². The Morgan fingerprint density at radius 1 is 1.00 bits per heavy atom. The summed E-state index contributed by atoms with van der Waals surface area (Å²) in [6.45, 7) is 1.71. The van der Waals surface area contributed by atoms with Gasteiger partial charge in [-0.15, -0.1) is 0 Å². The van der Waals surface area contributed by atoms with Gasteiger partial charge in [0.1, 0.15) is 41.9 Å². The summed E-state index contributed by atoms with van der Waals surface area (Å²) in [5, 5.41) is 35.7. The van der Waals surface area contributed by atoms with E-state index < -0.39 is 68.9 Å². The number of amides is 1. The molecule has 0 radical (unpaired) electrons. The predicted octanol–water partition coefficient (Wildman–Crippen LogP) is 0.504. The van der Waals surface area contributed by atoms with Crippen molar-refractivity contribution in [1.82, 2.24) is 10.4 Å². The fraction of sp³-hybridized carbons (Fsp3) is 0.400. The molecule has 40 heavy (non-hydrogen) atoms. The van der Waals surface area contributed by atoms with Crippen molar-refractivity contribution in [2.45, 2.75) is 50.5 Å². The van der Waals surface area contributed by atoms with Crippen LogP contribution in [-0.4, -0.2) is 83.6 Å². The molecular formula is C25H31N2O12P. The number of carbonyl (C=O) groups excluding carboxylic acids is 3. The van der Waals surface area contributed by atoms with E-state index in [9.17, 15) is 34.3 Å². The Hall–Kier alpha value is -3.36. The van der Waals surface area contributed by atoms with Gasteiger partial charge < -0.3 is 39.4 Å². The van der Waals surface area contributed by atoms with Gasteiger partial charge in [0.15, 0.2) is 6.29 Å². The molecule has 1 heterocycles. The molecule has 7 atom stereocenters. The highest BCUT2D eigenvalue weighted by atomic mass is 31.2. The summed E-state index contributed by atoms with van der Waals surface area (Å²) in [6.07, 6.45) is -6.50. The number of methoxy groups -OCH3 is 1. The van der Waals surface area contributed by atoms with Crippen molar-refractivity contribution in [3.8, 4) is 11.5 Å². The van der Waals surface area contributed by atoms with Crippen LogP contribution in [0.15, 0.2) is 54.6 Å². The van der Waals surface area contributed by atoms with Crippen molar-refractivity contribution in [2.24, 2.45) is 0 Å². The summed E-state index contributed by atoms with van der Waals surface area (Å²) in [5.41, 5.74) is 0.120. The Balaban J connectivity index is 1.73. The Morgan fingerprint density at radius 2 is 1.62 bits per heavy atom. The average Bonchev–Trinajstić information content (AvgIpc) is 2.93. The second-order valence-corrected chi connectivity index (χ2v) is 10.5. The van der Waals surface area contributed by atoms with Crippen molar-refractivity contribution in [3.05, 3.63) is 60.2 Å². The van der Waals surface area contributed by atoms with Gasteiger partial charge in [-0.05, 0) is 43.3 Å². The van der Waals surface area contributed by atoms with Gasteiger partial charge in [0.25, 0.3) is 0 Å². The summed E-state index contributed by atoms with van der Waals surface area (Å²) < 4.78 is 39.9. The molecule has 3 rings (SSSR count). The van der Waals surface area contributed by atoms with Crippen LogP contribution in [0.25, 0.3) is 0 Å². The number of ether oxygens (including phenoxy) is 3. The molecule has 0 spiro atoms. The molecule has 1 aliphatic heterocycles. The van der Waals surface area contributed by atoms with E-state index >= 15 is 0 Å². The number of hydrogen-bond acceptors (Lipinski definition) is 12. The molecule has 3 unspecified atom stereocenters. The van der Waals surface area contributed by atoms with E-state index in [0.717, 1.165) is 6.92 Å². The van der Waals surface area contributed by atoms with Crippen molar-refractivity contribution in [1.29, 1.82) is 0 Å². The third-order valence-corrected chi connectivity index (χ3v) is 7.34. The molecule has 1 amide bonds. The second kappa shape index (κ2) is 13.8. The van der Waals surface area contributed by atoms with Crippen LogP contribution in [-0.2, 0) is 28.2 Å². The molecule has 0 aliphatic carbocycles. The first-order chi connectivity index (χ1) is 18.9. The zero-order valence-electron chi connectivity index (χ0n) is 21.8. The number of carbonyl (C=O) groups is 3. The molecule has 1 saturated heterocycles. The summed E-state index contributed by atoms with van der Waals surface area (Å²) in [5.74, 6) is -2.09. The van der Waals surface area contributed by atoms with Crippen LogP contribution in [0.5, 0.6) is 11.5 Å². The lowest BCUT2D eigenvalue weighted by molar-refractivity contribution is -0.252. The highest BCUT2D eigenvalue weighted by molar-refractivity contribution is 7.52. The quantitative estimate of drug-likeness (QED) is 0.140. The molecule has 218 valence electrons. The summed E-state index contributed by atoms with van der Waals surface area (Å²) in [7, 11) is -3.04. The minimum atomic E-state index is -4.49. The van der Waals surface area contributed by atoms with Crippen molar-refractivity contribution in [2.75, 3.05) is 13.7 Å². The van der Waals surface area contributed by atoms with Gasteiger partial charge in [0.2, 0.25) is 5.91 Å². The smallest absolute Gasteiger partial charge is 0.459 e.